The standard InChI is InChI=1S/C12H19NO6S/c14-11(8-20(17,18)9-3-1-2-4-9)13-5-6-19-7-10(13)12(15)16/h9-10H,1-8H2,(H,15,16). The Kier molecular flexibility index (Phi) is 4.64. The van der Waals surface area contributed by atoms with Gasteiger partial charge in [0.15, 0.2) is 15.9 Å². The first-order chi connectivity index (χ1) is 9.42. The molecule has 0 spiro atoms. The molecule has 1 amide bonds. The molecule has 1 aliphatic carbocycles. The minimum absolute atomic E-state index is 0.0927. The van der Waals surface area contributed by atoms with Gasteiger partial charge >= 0.3 is 5.97 Å². The molecule has 0 aromatic rings. The Morgan fingerprint density at radius 2 is 1.90 bits per heavy atom. The van der Waals surface area contributed by atoms with Gasteiger partial charge in [0.25, 0.3) is 0 Å². The maximum absolute atomic E-state index is 12.1. The van der Waals surface area contributed by atoms with E-state index in [1.165, 1.54) is 0 Å². The lowest BCUT2D eigenvalue weighted by Gasteiger charge is -2.33. The summed E-state index contributed by atoms with van der Waals surface area (Å²) in [6, 6.07) is -1.09. The third kappa shape index (κ3) is 3.29. The fourth-order valence-corrected chi connectivity index (χ4v) is 4.52. The lowest BCUT2D eigenvalue weighted by Crippen LogP contribution is -2.54. The normalized spacial score (nSPS) is 24.8. The molecule has 1 N–H and O–H groups in total. The van der Waals surface area contributed by atoms with E-state index in [1.54, 1.807) is 0 Å². The van der Waals surface area contributed by atoms with Crippen LogP contribution >= 0.6 is 0 Å². The number of aliphatic carboxylic acids is 1. The van der Waals surface area contributed by atoms with E-state index in [9.17, 15) is 18.0 Å². The molecule has 2 aliphatic rings. The van der Waals surface area contributed by atoms with Crippen molar-refractivity contribution >= 4 is 21.7 Å². The van der Waals surface area contributed by atoms with Crippen molar-refractivity contribution in [2.45, 2.75) is 37.0 Å². The number of carboxylic acid groups (broad SMARTS) is 1. The molecular weight excluding hydrogens is 286 g/mol. The number of carboxylic acids is 1. The van der Waals surface area contributed by atoms with Gasteiger partial charge in [0.05, 0.1) is 18.5 Å². The highest BCUT2D eigenvalue weighted by molar-refractivity contribution is 7.92. The molecule has 2 fully saturated rings. The molecule has 1 unspecified atom stereocenters. The average Bonchev–Trinajstić information content (AvgIpc) is 2.92. The summed E-state index contributed by atoms with van der Waals surface area (Å²) in [5.41, 5.74) is 0. The van der Waals surface area contributed by atoms with Crippen LogP contribution in [0.4, 0.5) is 0 Å². The van der Waals surface area contributed by atoms with Crippen LogP contribution < -0.4 is 0 Å². The van der Waals surface area contributed by atoms with Crippen molar-refractivity contribution in [1.82, 2.24) is 4.90 Å². The number of sulfone groups is 1. The van der Waals surface area contributed by atoms with Crippen LogP contribution in [0.15, 0.2) is 0 Å². The highest BCUT2D eigenvalue weighted by Crippen LogP contribution is 2.25. The molecule has 0 aromatic carbocycles. The Balaban J connectivity index is 2.04. The van der Waals surface area contributed by atoms with Gasteiger partial charge in [-0.15, -0.1) is 0 Å². The zero-order chi connectivity index (χ0) is 14.8. The fraction of sp³-hybridized carbons (Fsp3) is 0.833. The maximum atomic E-state index is 12.1. The van der Waals surface area contributed by atoms with Crippen molar-refractivity contribution in [2.24, 2.45) is 0 Å². The summed E-state index contributed by atoms with van der Waals surface area (Å²) in [7, 11) is -3.48. The number of carbonyl (C=O) groups excluding carboxylic acids is 1. The molecule has 1 saturated carbocycles. The fourth-order valence-electron chi connectivity index (χ4n) is 2.73. The van der Waals surface area contributed by atoms with Crippen molar-refractivity contribution in [2.75, 3.05) is 25.5 Å². The highest BCUT2D eigenvalue weighted by Gasteiger charge is 2.37. The predicted octanol–water partition coefficient (Wildman–Crippen LogP) is -0.344. The van der Waals surface area contributed by atoms with E-state index < -0.39 is 38.8 Å². The minimum Gasteiger partial charge on any atom is -0.480 e. The quantitative estimate of drug-likeness (QED) is 0.762. The first-order valence-corrected chi connectivity index (χ1v) is 8.45. The molecule has 2 rings (SSSR count). The predicted molar refractivity (Wildman–Crippen MR) is 70.0 cm³/mol. The summed E-state index contributed by atoms with van der Waals surface area (Å²) in [4.78, 5) is 24.3. The smallest absolute Gasteiger partial charge is 0.328 e. The van der Waals surface area contributed by atoms with Gasteiger partial charge in [-0.3, -0.25) is 4.79 Å². The highest BCUT2D eigenvalue weighted by atomic mass is 32.2. The molecule has 20 heavy (non-hydrogen) atoms. The van der Waals surface area contributed by atoms with E-state index in [0.29, 0.717) is 12.8 Å². The summed E-state index contributed by atoms with van der Waals surface area (Å²) < 4.78 is 29.3. The summed E-state index contributed by atoms with van der Waals surface area (Å²) in [6.07, 6.45) is 2.93. The van der Waals surface area contributed by atoms with E-state index in [-0.39, 0.29) is 19.8 Å². The topological polar surface area (TPSA) is 101 Å². The third-order valence-electron chi connectivity index (χ3n) is 3.87. The molecule has 0 aromatic heterocycles. The molecule has 8 heteroatoms. The number of amides is 1. The van der Waals surface area contributed by atoms with Gasteiger partial charge in [0, 0.05) is 6.54 Å². The molecule has 114 valence electrons. The van der Waals surface area contributed by atoms with E-state index >= 15 is 0 Å². The van der Waals surface area contributed by atoms with Crippen LogP contribution in [-0.2, 0) is 24.2 Å². The van der Waals surface area contributed by atoms with Crippen molar-refractivity contribution < 1.29 is 27.9 Å². The summed E-state index contributed by atoms with van der Waals surface area (Å²) in [5, 5.41) is 8.60. The summed E-state index contributed by atoms with van der Waals surface area (Å²) >= 11 is 0. The van der Waals surface area contributed by atoms with Gasteiger partial charge in [-0.2, -0.15) is 0 Å². The molecule has 1 atom stereocenters. The number of morpholine rings is 1. The zero-order valence-corrected chi connectivity index (χ0v) is 12.0. The molecule has 1 saturated heterocycles. The molecule has 0 bridgehead atoms. The van der Waals surface area contributed by atoms with E-state index in [1.807, 2.05) is 0 Å². The second kappa shape index (κ2) is 6.09. The van der Waals surface area contributed by atoms with Crippen molar-refractivity contribution in [1.29, 1.82) is 0 Å². The maximum Gasteiger partial charge on any atom is 0.328 e. The zero-order valence-electron chi connectivity index (χ0n) is 11.2. The van der Waals surface area contributed by atoms with Gasteiger partial charge in [-0.05, 0) is 12.8 Å². The van der Waals surface area contributed by atoms with Gasteiger partial charge in [0.2, 0.25) is 5.91 Å². The number of hydrogen-bond acceptors (Lipinski definition) is 5. The van der Waals surface area contributed by atoms with E-state index in [2.05, 4.69) is 0 Å². The SMILES string of the molecule is O=C(O)C1COCCN1C(=O)CS(=O)(=O)C1CCCC1. The lowest BCUT2D eigenvalue weighted by atomic mass is 10.2. The molecular formula is C12H19NO6S. The molecule has 7 nitrogen and oxygen atoms in total. The van der Waals surface area contributed by atoms with Crippen molar-refractivity contribution in [3.05, 3.63) is 0 Å². The van der Waals surface area contributed by atoms with Crippen LogP contribution in [0.1, 0.15) is 25.7 Å². The van der Waals surface area contributed by atoms with Crippen LogP contribution in [0, 0.1) is 0 Å². The van der Waals surface area contributed by atoms with Gasteiger partial charge < -0.3 is 14.7 Å². The van der Waals surface area contributed by atoms with Crippen LogP contribution in [0.25, 0.3) is 0 Å². The first-order valence-electron chi connectivity index (χ1n) is 6.73. The largest absolute Gasteiger partial charge is 0.480 e. The molecule has 1 aliphatic heterocycles. The minimum atomic E-state index is -3.48. The van der Waals surface area contributed by atoms with Crippen LogP contribution in [0.5, 0.6) is 0 Å². The Hall–Kier alpha value is -1.15. The van der Waals surface area contributed by atoms with Crippen LogP contribution in [-0.4, -0.2) is 67.1 Å². The number of ether oxygens (including phenoxy) is 1. The summed E-state index contributed by atoms with van der Waals surface area (Å²) in [6.45, 7) is 0.263. The number of carbonyl (C=O) groups is 2. The number of nitrogens with zero attached hydrogens (tertiary/aromatic N) is 1. The average molecular weight is 305 g/mol. The lowest BCUT2D eigenvalue weighted by molar-refractivity contribution is -0.157. The molecule has 0 radical (unpaired) electrons. The Morgan fingerprint density at radius 1 is 1.25 bits per heavy atom. The van der Waals surface area contributed by atoms with E-state index in [4.69, 9.17) is 9.84 Å². The Labute approximate surface area is 117 Å². The monoisotopic (exact) mass is 305 g/mol. The summed E-state index contributed by atoms with van der Waals surface area (Å²) in [5.74, 6) is -2.40. The van der Waals surface area contributed by atoms with Crippen molar-refractivity contribution in [3.63, 3.8) is 0 Å². The molecule has 1 heterocycles. The Morgan fingerprint density at radius 3 is 2.50 bits per heavy atom. The second-order valence-corrected chi connectivity index (χ2v) is 7.51. The number of rotatable bonds is 4. The van der Waals surface area contributed by atoms with Gasteiger partial charge in [-0.1, -0.05) is 12.8 Å². The van der Waals surface area contributed by atoms with Crippen LogP contribution in [0.3, 0.4) is 0 Å². The second-order valence-electron chi connectivity index (χ2n) is 5.23. The van der Waals surface area contributed by atoms with Gasteiger partial charge in [0.1, 0.15) is 5.75 Å². The van der Waals surface area contributed by atoms with Crippen LogP contribution in [0.2, 0.25) is 0 Å². The number of hydrogen-bond donors (Lipinski definition) is 1. The van der Waals surface area contributed by atoms with Crippen molar-refractivity contribution in [3.8, 4) is 0 Å². The van der Waals surface area contributed by atoms with Gasteiger partial charge in [-0.25, -0.2) is 13.2 Å². The third-order valence-corrected chi connectivity index (χ3v) is 6.01. The Bertz CT molecular complexity index is 482. The van der Waals surface area contributed by atoms with E-state index in [0.717, 1.165) is 17.7 Å². The first kappa shape index (κ1) is 15.2.